The Labute approximate surface area is 391 Å². The van der Waals surface area contributed by atoms with E-state index in [-0.39, 0.29) is 36.1 Å². The molecule has 3 aliphatic heterocycles. The summed E-state index contributed by atoms with van der Waals surface area (Å²) in [5.41, 5.74) is 11.3. The number of carbonyl (C=O) groups excluding carboxylic acids is 2. The summed E-state index contributed by atoms with van der Waals surface area (Å²) >= 11 is 0. The third-order valence-corrected chi connectivity index (χ3v) is 15.7. The SMILES string of the molecule is CC[C@H]1/C2=C/c3[nH]c4c(c3C)C(O)[C@H](C(=O)OC)/C4=C3/N/C(=C\c4[nH]c(c(C(C)O)c4C)/C=C(\N2)[C@@H]1C)[C@@H](C)[C@@H]3CCC(=O)OCCC(C)CCC[C@H](C)CCC[C@H](C)CCCC(C)C. The molecular weight excluding hydrogens is 813 g/mol. The van der Waals surface area contributed by atoms with E-state index in [1.54, 1.807) is 6.92 Å². The lowest BCUT2D eigenvalue weighted by atomic mass is 9.84. The van der Waals surface area contributed by atoms with E-state index < -0.39 is 24.1 Å². The Hall–Kier alpha value is -4.02. The Balaban J connectivity index is 1.19. The van der Waals surface area contributed by atoms with E-state index in [2.05, 4.69) is 94.2 Å². The molecule has 2 aromatic rings. The number of aliphatic hydroxyl groups is 2. The van der Waals surface area contributed by atoms with Crippen molar-refractivity contribution in [1.29, 1.82) is 0 Å². The van der Waals surface area contributed by atoms with Crippen molar-refractivity contribution in [2.24, 2.45) is 53.3 Å². The molecule has 360 valence electrons. The van der Waals surface area contributed by atoms with Crippen molar-refractivity contribution in [3.8, 4) is 0 Å². The van der Waals surface area contributed by atoms with Crippen molar-refractivity contribution < 1.29 is 29.3 Å². The molecule has 0 amide bonds. The molecule has 8 bridgehead atoms. The van der Waals surface area contributed by atoms with Crippen molar-refractivity contribution >= 4 is 35.7 Å². The lowest BCUT2D eigenvalue weighted by Gasteiger charge is -2.21. The van der Waals surface area contributed by atoms with Crippen LogP contribution in [0.1, 0.15) is 203 Å². The average Bonchev–Trinajstić information content (AvgIpc) is 4.00. The molecule has 2 saturated heterocycles. The van der Waals surface area contributed by atoms with E-state index in [1.165, 1.54) is 58.5 Å². The summed E-state index contributed by atoms with van der Waals surface area (Å²) in [6.07, 6.45) is 18.7. The van der Waals surface area contributed by atoms with E-state index >= 15 is 0 Å². The molecule has 0 radical (unpaired) electrons. The van der Waals surface area contributed by atoms with Gasteiger partial charge >= 0.3 is 11.9 Å². The summed E-state index contributed by atoms with van der Waals surface area (Å²) in [5.74, 6) is 1.33. The fourth-order valence-electron chi connectivity index (χ4n) is 11.5. The van der Waals surface area contributed by atoms with Crippen molar-refractivity contribution in [1.82, 2.24) is 20.6 Å². The van der Waals surface area contributed by atoms with Crippen LogP contribution < -0.4 is 10.6 Å². The molecule has 3 unspecified atom stereocenters. The number of hydrogen-bond acceptors (Lipinski definition) is 8. The van der Waals surface area contributed by atoms with Gasteiger partial charge in [0, 0.05) is 86.7 Å². The van der Waals surface area contributed by atoms with Crippen LogP contribution in [0.3, 0.4) is 0 Å². The Morgan fingerprint density at radius 3 is 1.88 bits per heavy atom. The summed E-state index contributed by atoms with van der Waals surface area (Å²) in [5, 5.41) is 30.6. The van der Waals surface area contributed by atoms with Gasteiger partial charge in [-0.25, -0.2) is 0 Å². The summed E-state index contributed by atoms with van der Waals surface area (Å²) in [4.78, 5) is 34.5. The monoisotopic (exact) mass is 897 g/mol. The second-order valence-electron chi connectivity index (χ2n) is 21.2. The van der Waals surface area contributed by atoms with Crippen molar-refractivity contribution in [2.45, 2.75) is 172 Å². The number of aromatic amines is 2. The lowest BCUT2D eigenvalue weighted by Crippen LogP contribution is -2.24. The molecule has 2 fully saturated rings. The second kappa shape index (κ2) is 22.2. The van der Waals surface area contributed by atoms with Crippen molar-refractivity contribution in [3.63, 3.8) is 0 Å². The number of nitrogens with one attached hydrogen (secondary N) is 4. The largest absolute Gasteiger partial charge is 0.468 e. The highest BCUT2D eigenvalue weighted by Gasteiger charge is 2.49. The standard InChI is InChI=1S/C55H84N4O6/c1-13-39-34(7)41-29-46-48(38(11)60)36(9)43(57-46)27-42-35(8)40(52(58-42)50-51(55(63)64-12)54(62)49-37(10)44(59-53(49)50)28-45(39)56-41)23-24-47(61)65-26-25-33(6)22-16-21-32(5)20-15-19-31(4)18-14-17-30(2)3/h27-35,38-40,51,54,56-60,62H,13-26H2,1-12H3/b41-29-,42-27-,45-28-,52-50-/t31-,32-,33?,34-,35+,38?,39-,40+,51-,54?/m1/s1. The first-order valence-corrected chi connectivity index (χ1v) is 25.4. The molecule has 65 heavy (non-hydrogen) atoms. The minimum atomic E-state index is -1.11. The second-order valence-corrected chi connectivity index (χ2v) is 21.2. The zero-order valence-electron chi connectivity index (χ0n) is 42.0. The van der Waals surface area contributed by atoms with Gasteiger partial charge in [-0.15, -0.1) is 0 Å². The number of esters is 2. The Morgan fingerprint density at radius 2 is 1.28 bits per heavy atom. The molecule has 10 heteroatoms. The molecule has 0 spiro atoms. The molecule has 4 aliphatic rings. The number of methoxy groups -OCH3 is 1. The van der Waals surface area contributed by atoms with E-state index in [1.807, 2.05) is 13.8 Å². The fourth-order valence-corrected chi connectivity index (χ4v) is 11.5. The third-order valence-electron chi connectivity index (χ3n) is 15.7. The molecule has 1 aliphatic carbocycles. The Morgan fingerprint density at radius 1 is 0.723 bits per heavy atom. The zero-order valence-corrected chi connectivity index (χ0v) is 42.0. The minimum Gasteiger partial charge on any atom is -0.468 e. The number of rotatable bonds is 21. The highest BCUT2D eigenvalue weighted by atomic mass is 16.5. The van der Waals surface area contributed by atoms with E-state index in [9.17, 15) is 19.8 Å². The van der Waals surface area contributed by atoms with Crippen LogP contribution in [-0.4, -0.2) is 45.8 Å². The van der Waals surface area contributed by atoms with Gasteiger partial charge in [0.2, 0.25) is 0 Å². The van der Waals surface area contributed by atoms with Gasteiger partial charge in [-0.3, -0.25) is 9.59 Å². The van der Waals surface area contributed by atoms with Gasteiger partial charge in [0.15, 0.2) is 0 Å². The summed E-state index contributed by atoms with van der Waals surface area (Å²) < 4.78 is 11.3. The first-order chi connectivity index (χ1) is 30.9. The normalized spacial score (nSPS) is 27.8. The fraction of sp³-hybridized carbons (Fsp3) is 0.673. The van der Waals surface area contributed by atoms with Crippen LogP contribution in [0.15, 0.2) is 22.8 Å². The predicted molar refractivity (Wildman–Crippen MR) is 264 cm³/mol. The van der Waals surface area contributed by atoms with Crippen molar-refractivity contribution in [3.05, 3.63) is 67.8 Å². The first-order valence-electron chi connectivity index (χ1n) is 25.4. The molecule has 6 N–H and O–H groups in total. The van der Waals surface area contributed by atoms with E-state index in [0.717, 1.165) is 99.3 Å². The molecule has 0 aromatic carbocycles. The number of hydrogen-bond donors (Lipinski definition) is 6. The maximum atomic E-state index is 13.7. The van der Waals surface area contributed by atoms with Crippen LogP contribution in [0.25, 0.3) is 23.8 Å². The van der Waals surface area contributed by atoms with Gasteiger partial charge in [0.1, 0.15) is 5.92 Å². The summed E-state index contributed by atoms with van der Waals surface area (Å²) in [7, 11) is 1.36. The molecule has 10 nitrogen and oxygen atoms in total. The van der Waals surface area contributed by atoms with Crippen LogP contribution in [0.4, 0.5) is 0 Å². The summed E-state index contributed by atoms with van der Waals surface area (Å²) in [6, 6.07) is 0. The molecule has 6 rings (SSSR count). The number of allylic oxidation sites excluding steroid dienone is 4. The molecule has 10 atom stereocenters. The van der Waals surface area contributed by atoms with Crippen LogP contribution >= 0.6 is 0 Å². The van der Waals surface area contributed by atoms with Crippen LogP contribution in [-0.2, 0) is 19.1 Å². The van der Waals surface area contributed by atoms with Gasteiger partial charge in [0.05, 0.1) is 31.6 Å². The highest BCUT2D eigenvalue weighted by Crippen LogP contribution is 2.53. The maximum absolute atomic E-state index is 13.7. The number of ether oxygens (including phenoxy) is 2. The topological polar surface area (TPSA) is 149 Å². The van der Waals surface area contributed by atoms with Gasteiger partial charge in [-0.1, -0.05) is 113 Å². The zero-order chi connectivity index (χ0) is 47.3. The number of fused-ring (bicyclic) bond motifs is 7. The van der Waals surface area contributed by atoms with Gasteiger partial charge in [-0.05, 0) is 93.1 Å². The highest BCUT2D eigenvalue weighted by molar-refractivity contribution is 5.95. The van der Waals surface area contributed by atoms with Crippen LogP contribution in [0.2, 0.25) is 0 Å². The number of aromatic nitrogens is 2. The van der Waals surface area contributed by atoms with Crippen molar-refractivity contribution in [2.75, 3.05) is 13.7 Å². The number of aliphatic hydroxyl groups excluding tert-OH is 2. The summed E-state index contributed by atoms with van der Waals surface area (Å²) in [6.45, 7) is 24.6. The van der Waals surface area contributed by atoms with E-state index in [0.29, 0.717) is 30.1 Å². The molecule has 5 heterocycles. The average molecular weight is 897 g/mol. The predicted octanol–water partition coefficient (Wildman–Crippen LogP) is 12.2. The Bertz CT molecular complexity index is 2120. The lowest BCUT2D eigenvalue weighted by molar-refractivity contribution is -0.146. The van der Waals surface area contributed by atoms with Gasteiger partial charge < -0.3 is 40.3 Å². The maximum Gasteiger partial charge on any atom is 0.316 e. The molecular formula is C55H84N4O6. The molecule has 0 saturated carbocycles. The van der Waals surface area contributed by atoms with Crippen LogP contribution in [0.5, 0.6) is 0 Å². The van der Waals surface area contributed by atoms with Crippen LogP contribution in [0, 0.1) is 67.1 Å². The van der Waals surface area contributed by atoms with E-state index in [4.69, 9.17) is 9.47 Å². The quantitative estimate of drug-likeness (QED) is 0.0679. The first kappa shape index (κ1) is 50.4. The Kier molecular flexibility index (Phi) is 17.2. The molecule has 2 aromatic heterocycles. The van der Waals surface area contributed by atoms with Gasteiger partial charge in [0.25, 0.3) is 0 Å². The number of carbonyl (C=O) groups is 2. The number of H-pyrrole nitrogens is 2. The minimum absolute atomic E-state index is 0.0823. The van der Waals surface area contributed by atoms with Gasteiger partial charge in [-0.2, -0.15) is 0 Å². The third kappa shape index (κ3) is 11.4. The smallest absolute Gasteiger partial charge is 0.316 e.